The minimum atomic E-state index is 0.0951. The first-order valence-electron chi connectivity index (χ1n) is 16.8. The molecule has 1 fully saturated rings. The summed E-state index contributed by atoms with van der Waals surface area (Å²) in [7, 11) is 0. The Morgan fingerprint density at radius 3 is 2.15 bits per heavy atom. The van der Waals surface area contributed by atoms with Crippen molar-refractivity contribution in [1.82, 2.24) is 0 Å². The Morgan fingerprint density at radius 2 is 1.37 bits per heavy atom. The Morgan fingerprint density at radius 1 is 0.630 bits per heavy atom. The number of para-hydroxylation sites is 3. The molecule has 1 aliphatic carbocycles. The first kappa shape index (κ1) is 26.8. The molecule has 0 aromatic heterocycles. The Kier molecular flexibility index (Phi) is 5.56. The van der Waals surface area contributed by atoms with Crippen LogP contribution in [0.15, 0.2) is 137 Å². The van der Waals surface area contributed by atoms with E-state index in [2.05, 4.69) is 151 Å². The SMILES string of the molecule is CC12CCCCC1(C)N1c3cccc4c3B(c3cc5ccc(N(c6ccccc6)c6ccccc6)cc5cc3S4)c3cccc2c31. The van der Waals surface area contributed by atoms with Gasteiger partial charge in [0.15, 0.2) is 0 Å². The van der Waals surface area contributed by atoms with Gasteiger partial charge in [-0.25, -0.2) is 0 Å². The summed E-state index contributed by atoms with van der Waals surface area (Å²) in [5, 5.41) is 2.58. The summed E-state index contributed by atoms with van der Waals surface area (Å²) in [5.41, 5.74) is 12.7. The van der Waals surface area contributed by atoms with Gasteiger partial charge in [0.25, 0.3) is 0 Å². The molecule has 0 radical (unpaired) electrons. The van der Waals surface area contributed by atoms with Crippen LogP contribution in [0.5, 0.6) is 0 Å². The van der Waals surface area contributed by atoms with Crippen LogP contribution in [-0.2, 0) is 5.41 Å². The molecule has 0 amide bonds. The average molecular weight is 611 g/mol. The molecular formula is C42H35BN2S. The van der Waals surface area contributed by atoms with E-state index in [9.17, 15) is 0 Å². The maximum absolute atomic E-state index is 2.80. The van der Waals surface area contributed by atoms with Crippen molar-refractivity contribution in [2.24, 2.45) is 0 Å². The minimum absolute atomic E-state index is 0.0951. The van der Waals surface area contributed by atoms with Crippen molar-refractivity contribution in [3.63, 3.8) is 0 Å². The van der Waals surface area contributed by atoms with Crippen molar-refractivity contribution in [2.45, 2.75) is 60.3 Å². The van der Waals surface area contributed by atoms with E-state index in [0.717, 1.165) is 11.4 Å². The first-order valence-corrected chi connectivity index (χ1v) is 17.6. The van der Waals surface area contributed by atoms with Crippen LogP contribution in [0.4, 0.5) is 28.4 Å². The standard InChI is InChI=1S/C42H35BN2S/c1-41-23-9-10-24-42(41,2)45-36-19-12-20-37-39(36)43(34-18-11-17-33(41)40(34)45)35-26-28-21-22-32(25-29(28)27-38(35)46-37)44(30-13-5-3-6-14-30)31-15-7-4-8-16-31/h3-8,11-22,25-27H,9-10,23-24H2,1-2H3. The molecule has 1 saturated carbocycles. The Labute approximate surface area is 276 Å². The van der Waals surface area contributed by atoms with Crippen LogP contribution in [0.1, 0.15) is 45.1 Å². The molecule has 222 valence electrons. The molecule has 46 heavy (non-hydrogen) atoms. The van der Waals surface area contributed by atoms with Crippen LogP contribution >= 0.6 is 11.8 Å². The van der Waals surface area contributed by atoms with Gasteiger partial charge in [0.2, 0.25) is 6.71 Å². The lowest BCUT2D eigenvalue weighted by molar-refractivity contribution is 0.195. The number of benzene rings is 6. The summed E-state index contributed by atoms with van der Waals surface area (Å²) in [6.07, 6.45) is 5.13. The minimum Gasteiger partial charge on any atom is -0.335 e. The molecule has 0 saturated heterocycles. The largest absolute Gasteiger partial charge is 0.335 e. The quantitative estimate of drug-likeness (QED) is 0.184. The van der Waals surface area contributed by atoms with Gasteiger partial charge < -0.3 is 9.80 Å². The number of nitrogens with zero attached hydrogens (tertiary/aromatic N) is 2. The van der Waals surface area contributed by atoms with Gasteiger partial charge in [-0.3, -0.25) is 0 Å². The highest BCUT2D eigenvalue weighted by molar-refractivity contribution is 8.00. The number of anilines is 5. The highest BCUT2D eigenvalue weighted by Crippen LogP contribution is 2.61. The Balaban J connectivity index is 1.16. The molecule has 0 spiro atoms. The van der Waals surface area contributed by atoms with Crippen molar-refractivity contribution < 1.29 is 0 Å². The van der Waals surface area contributed by atoms with E-state index in [1.165, 1.54) is 79.7 Å². The first-order chi connectivity index (χ1) is 22.5. The third-order valence-corrected chi connectivity index (χ3v) is 13.0. The predicted octanol–water partition coefficient (Wildman–Crippen LogP) is 9.35. The van der Waals surface area contributed by atoms with E-state index in [1.807, 2.05) is 11.8 Å². The van der Waals surface area contributed by atoms with E-state index in [-0.39, 0.29) is 17.7 Å². The number of hydrogen-bond acceptors (Lipinski definition) is 3. The second kappa shape index (κ2) is 9.56. The summed E-state index contributed by atoms with van der Waals surface area (Å²) in [6, 6.07) is 47.7. The van der Waals surface area contributed by atoms with Crippen LogP contribution in [0.3, 0.4) is 0 Å². The zero-order valence-corrected chi connectivity index (χ0v) is 27.1. The molecule has 4 heteroatoms. The smallest absolute Gasteiger partial charge is 0.249 e. The van der Waals surface area contributed by atoms with E-state index in [1.54, 1.807) is 5.56 Å². The molecule has 0 bridgehead atoms. The zero-order valence-electron chi connectivity index (χ0n) is 26.3. The van der Waals surface area contributed by atoms with Gasteiger partial charge in [0.05, 0.1) is 5.54 Å². The monoisotopic (exact) mass is 610 g/mol. The van der Waals surface area contributed by atoms with Gasteiger partial charge in [-0.15, -0.1) is 0 Å². The van der Waals surface area contributed by atoms with Crippen LogP contribution in [0.25, 0.3) is 10.8 Å². The summed E-state index contributed by atoms with van der Waals surface area (Å²) in [6.45, 7) is 5.36. The molecule has 6 aromatic rings. The van der Waals surface area contributed by atoms with Crippen LogP contribution in [0, 0.1) is 0 Å². The molecule has 10 rings (SSSR count). The van der Waals surface area contributed by atoms with Gasteiger partial charge in [0, 0.05) is 43.6 Å². The van der Waals surface area contributed by atoms with E-state index in [0.29, 0.717) is 0 Å². The van der Waals surface area contributed by atoms with Crippen molar-refractivity contribution in [3.8, 4) is 0 Å². The molecular weight excluding hydrogens is 575 g/mol. The molecule has 4 aliphatic rings. The maximum Gasteiger partial charge on any atom is 0.249 e. The fourth-order valence-electron chi connectivity index (χ4n) is 9.44. The summed E-state index contributed by atoms with van der Waals surface area (Å²) in [4.78, 5) is 7.94. The molecule has 2 unspecified atom stereocenters. The van der Waals surface area contributed by atoms with Crippen molar-refractivity contribution in [1.29, 1.82) is 0 Å². The van der Waals surface area contributed by atoms with Crippen LogP contribution in [-0.4, -0.2) is 12.3 Å². The Bertz CT molecular complexity index is 2160. The van der Waals surface area contributed by atoms with Gasteiger partial charge in [-0.1, -0.05) is 110 Å². The number of rotatable bonds is 3. The van der Waals surface area contributed by atoms with E-state index >= 15 is 0 Å². The fraction of sp³-hybridized carbons (Fsp3) is 0.190. The van der Waals surface area contributed by atoms with Crippen LogP contribution < -0.4 is 26.2 Å². The lowest BCUT2D eigenvalue weighted by Gasteiger charge is -2.52. The molecule has 3 heterocycles. The normalized spacial score (nSPS) is 21.8. The highest BCUT2D eigenvalue weighted by atomic mass is 32.2. The topological polar surface area (TPSA) is 6.48 Å². The molecule has 0 N–H and O–H groups in total. The number of fused-ring (bicyclic) bond motifs is 8. The van der Waals surface area contributed by atoms with Crippen LogP contribution in [0.2, 0.25) is 0 Å². The predicted molar refractivity (Wildman–Crippen MR) is 197 cm³/mol. The lowest BCUT2D eigenvalue weighted by Crippen LogP contribution is -2.63. The summed E-state index contributed by atoms with van der Waals surface area (Å²) < 4.78 is 0. The average Bonchev–Trinajstić information content (AvgIpc) is 3.31. The van der Waals surface area contributed by atoms with Gasteiger partial charge >= 0.3 is 0 Å². The van der Waals surface area contributed by atoms with Gasteiger partial charge in [-0.05, 0) is 102 Å². The fourth-order valence-corrected chi connectivity index (χ4v) is 10.6. The highest BCUT2D eigenvalue weighted by Gasteiger charge is 2.60. The summed E-state index contributed by atoms with van der Waals surface area (Å²) in [5.74, 6) is 0. The molecule has 2 atom stereocenters. The van der Waals surface area contributed by atoms with Crippen molar-refractivity contribution in [3.05, 3.63) is 133 Å². The van der Waals surface area contributed by atoms with E-state index < -0.39 is 0 Å². The molecule has 2 nitrogen and oxygen atoms in total. The van der Waals surface area contributed by atoms with E-state index in [4.69, 9.17) is 0 Å². The molecule has 6 aromatic carbocycles. The van der Waals surface area contributed by atoms with Crippen molar-refractivity contribution in [2.75, 3.05) is 9.80 Å². The lowest BCUT2D eigenvalue weighted by atomic mass is 9.34. The third kappa shape index (κ3) is 3.46. The van der Waals surface area contributed by atoms with Crippen molar-refractivity contribution >= 4 is 74.1 Å². The van der Waals surface area contributed by atoms with Gasteiger partial charge in [-0.2, -0.15) is 0 Å². The second-order valence-corrected chi connectivity index (χ2v) is 15.1. The third-order valence-electron chi connectivity index (χ3n) is 11.8. The zero-order chi connectivity index (χ0) is 30.6. The second-order valence-electron chi connectivity index (χ2n) is 14.0. The maximum atomic E-state index is 2.80. The summed E-state index contributed by atoms with van der Waals surface area (Å²) >= 11 is 1.96. The molecule has 3 aliphatic heterocycles. The van der Waals surface area contributed by atoms with Gasteiger partial charge in [0.1, 0.15) is 0 Å². The Hall–Kier alpha value is -4.41. The number of hydrogen-bond donors (Lipinski definition) is 0.